The van der Waals surface area contributed by atoms with Crippen molar-refractivity contribution in [2.45, 2.75) is 20.5 Å². The van der Waals surface area contributed by atoms with Crippen molar-refractivity contribution in [2.75, 3.05) is 0 Å². The summed E-state index contributed by atoms with van der Waals surface area (Å²) in [5.74, 6) is 0.999. The summed E-state index contributed by atoms with van der Waals surface area (Å²) in [6.07, 6.45) is 0. The van der Waals surface area contributed by atoms with Gasteiger partial charge >= 0.3 is 0 Å². The molecule has 20 heavy (non-hydrogen) atoms. The van der Waals surface area contributed by atoms with Gasteiger partial charge in [-0.05, 0) is 47.9 Å². The van der Waals surface area contributed by atoms with Gasteiger partial charge in [0.1, 0.15) is 12.4 Å². The lowest BCUT2D eigenvalue weighted by atomic mass is 9.93. The Kier molecular flexibility index (Phi) is 2.37. The molecular formula is C19H16O. The Bertz CT molecular complexity index is 831. The van der Waals surface area contributed by atoms with Crippen LogP contribution < -0.4 is 4.74 Å². The van der Waals surface area contributed by atoms with Crippen LogP contribution in [-0.4, -0.2) is 0 Å². The van der Waals surface area contributed by atoms with Crippen LogP contribution in [0.1, 0.15) is 16.7 Å². The zero-order chi connectivity index (χ0) is 13.7. The first-order valence-electron chi connectivity index (χ1n) is 6.98. The second-order valence-electron chi connectivity index (χ2n) is 5.65. The summed E-state index contributed by atoms with van der Waals surface area (Å²) < 4.78 is 5.95. The first-order chi connectivity index (χ1) is 9.70. The molecule has 0 aliphatic carbocycles. The highest BCUT2D eigenvalue weighted by atomic mass is 16.5. The minimum Gasteiger partial charge on any atom is -0.488 e. The van der Waals surface area contributed by atoms with Crippen LogP contribution in [0.5, 0.6) is 5.75 Å². The van der Waals surface area contributed by atoms with Crippen LogP contribution in [-0.2, 0) is 6.61 Å². The van der Waals surface area contributed by atoms with Crippen LogP contribution in [0, 0.1) is 13.8 Å². The van der Waals surface area contributed by atoms with E-state index in [1.54, 1.807) is 0 Å². The fourth-order valence-corrected chi connectivity index (χ4v) is 2.99. The summed E-state index contributed by atoms with van der Waals surface area (Å²) in [6, 6.07) is 17.6. The molecule has 98 valence electrons. The molecule has 0 N–H and O–H groups in total. The van der Waals surface area contributed by atoms with Crippen molar-refractivity contribution in [3.63, 3.8) is 0 Å². The number of aryl methyl sites for hydroxylation is 2. The first-order valence-corrected chi connectivity index (χ1v) is 6.98. The molecule has 1 nitrogen and oxygen atoms in total. The van der Waals surface area contributed by atoms with Gasteiger partial charge in [-0.15, -0.1) is 0 Å². The van der Waals surface area contributed by atoms with Crippen LogP contribution in [0.3, 0.4) is 0 Å². The van der Waals surface area contributed by atoms with Gasteiger partial charge in [-0.25, -0.2) is 0 Å². The molecule has 0 saturated heterocycles. The summed E-state index contributed by atoms with van der Waals surface area (Å²) in [5, 5.41) is 2.52. The Morgan fingerprint density at radius 1 is 0.750 bits per heavy atom. The normalized spacial score (nSPS) is 12.7. The molecule has 1 heterocycles. The van der Waals surface area contributed by atoms with Crippen molar-refractivity contribution < 1.29 is 4.74 Å². The Morgan fingerprint density at radius 3 is 2.45 bits per heavy atom. The molecule has 4 rings (SSSR count). The molecule has 0 spiro atoms. The van der Waals surface area contributed by atoms with Gasteiger partial charge in [0.05, 0.1) is 0 Å². The van der Waals surface area contributed by atoms with Crippen molar-refractivity contribution in [1.82, 2.24) is 0 Å². The molecule has 3 aromatic rings. The van der Waals surface area contributed by atoms with Crippen LogP contribution in [0.2, 0.25) is 0 Å². The van der Waals surface area contributed by atoms with Gasteiger partial charge < -0.3 is 4.74 Å². The topological polar surface area (TPSA) is 9.23 Å². The van der Waals surface area contributed by atoms with Crippen molar-refractivity contribution >= 4 is 10.8 Å². The SMILES string of the molecule is Cc1ccc2c(c1)COc1cc3cc(C)ccc3cc1-2. The second kappa shape index (κ2) is 4.11. The molecule has 0 bridgehead atoms. The van der Waals surface area contributed by atoms with Crippen molar-refractivity contribution in [2.24, 2.45) is 0 Å². The number of fused-ring (bicyclic) bond motifs is 4. The van der Waals surface area contributed by atoms with Gasteiger partial charge in [0.15, 0.2) is 0 Å². The smallest absolute Gasteiger partial charge is 0.128 e. The fourth-order valence-electron chi connectivity index (χ4n) is 2.99. The second-order valence-corrected chi connectivity index (χ2v) is 5.65. The van der Waals surface area contributed by atoms with E-state index in [-0.39, 0.29) is 0 Å². The summed E-state index contributed by atoms with van der Waals surface area (Å²) in [6.45, 7) is 4.91. The molecule has 0 fully saturated rings. The molecule has 3 aromatic carbocycles. The molecule has 1 aliphatic heterocycles. The van der Waals surface area contributed by atoms with Gasteiger partial charge in [-0.3, -0.25) is 0 Å². The van der Waals surface area contributed by atoms with E-state index in [2.05, 4.69) is 62.4 Å². The number of ether oxygens (including phenoxy) is 1. The van der Waals surface area contributed by atoms with E-state index in [1.165, 1.54) is 38.6 Å². The third kappa shape index (κ3) is 1.70. The third-order valence-corrected chi connectivity index (χ3v) is 4.03. The van der Waals surface area contributed by atoms with Gasteiger partial charge in [-0.2, -0.15) is 0 Å². The standard InChI is InChI=1S/C19H16O/c1-12-3-5-14-9-18-17-6-4-13(2)8-16(17)11-20-19(18)10-15(14)7-12/h3-10H,11H2,1-2H3. The predicted octanol–water partition coefficient (Wildman–Crippen LogP) is 5.02. The lowest BCUT2D eigenvalue weighted by molar-refractivity contribution is 0.302. The third-order valence-electron chi connectivity index (χ3n) is 4.03. The van der Waals surface area contributed by atoms with Gasteiger partial charge in [0.25, 0.3) is 0 Å². The molecule has 0 atom stereocenters. The molecule has 0 aromatic heterocycles. The Hall–Kier alpha value is -2.28. The summed E-state index contributed by atoms with van der Waals surface area (Å²) >= 11 is 0. The summed E-state index contributed by atoms with van der Waals surface area (Å²) in [4.78, 5) is 0. The number of hydrogen-bond donors (Lipinski definition) is 0. The molecule has 0 radical (unpaired) electrons. The van der Waals surface area contributed by atoms with Gasteiger partial charge in [0.2, 0.25) is 0 Å². The van der Waals surface area contributed by atoms with Crippen LogP contribution in [0.15, 0.2) is 48.5 Å². The van der Waals surface area contributed by atoms with Crippen LogP contribution in [0.4, 0.5) is 0 Å². The average Bonchev–Trinajstić information content (AvgIpc) is 2.44. The van der Waals surface area contributed by atoms with E-state index in [0.29, 0.717) is 6.61 Å². The molecule has 0 amide bonds. The fraction of sp³-hybridized carbons (Fsp3) is 0.158. The highest BCUT2D eigenvalue weighted by Crippen LogP contribution is 2.40. The largest absolute Gasteiger partial charge is 0.488 e. The Labute approximate surface area is 118 Å². The van der Waals surface area contributed by atoms with E-state index in [4.69, 9.17) is 4.74 Å². The van der Waals surface area contributed by atoms with Crippen molar-refractivity contribution in [3.05, 3.63) is 65.2 Å². The monoisotopic (exact) mass is 260 g/mol. The molecule has 0 saturated carbocycles. The van der Waals surface area contributed by atoms with Crippen molar-refractivity contribution in [3.8, 4) is 16.9 Å². The number of benzene rings is 3. The van der Waals surface area contributed by atoms with Crippen LogP contribution >= 0.6 is 0 Å². The van der Waals surface area contributed by atoms with Crippen molar-refractivity contribution in [1.29, 1.82) is 0 Å². The molecule has 1 aliphatic rings. The molecule has 1 heteroatoms. The zero-order valence-electron chi connectivity index (χ0n) is 11.7. The summed E-state index contributed by atoms with van der Waals surface area (Å²) in [5.41, 5.74) is 6.36. The van der Waals surface area contributed by atoms with E-state index < -0.39 is 0 Å². The van der Waals surface area contributed by atoms with E-state index >= 15 is 0 Å². The maximum atomic E-state index is 5.95. The maximum absolute atomic E-state index is 5.95. The highest BCUT2D eigenvalue weighted by Gasteiger charge is 2.17. The maximum Gasteiger partial charge on any atom is 0.128 e. The Balaban J connectivity index is 2.00. The van der Waals surface area contributed by atoms with E-state index in [1.807, 2.05) is 0 Å². The van der Waals surface area contributed by atoms with Gasteiger partial charge in [-0.1, -0.05) is 47.5 Å². The highest BCUT2D eigenvalue weighted by molar-refractivity contribution is 5.92. The first kappa shape index (κ1) is 11.5. The molecule has 0 unspecified atom stereocenters. The number of hydrogen-bond acceptors (Lipinski definition) is 1. The minimum atomic E-state index is 0.668. The van der Waals surface area contributed by atoms with Gasteiger partial charge in [0, 0.05) is 5.56 Å². The minimum absolute atomic E-state index is 0.668. The van der Waals surface area contributed by atoms with Crippen LogP contribution in [0.25, 0.3) is 21.9 Å². The lowest BCUT2D eigenvalue weighted by Crippen LogP contribution is -2.05. The zero-order valence-corrected chi connectivity index (χ0v) is 11.7. The number of rotatable bonds is 0. The Morgan fingerprint density at radius 2 is 1.55 bits per heavy atom. The summed E-state index contributed by atoms with van der Waals surface area (Å²) in [7, 11) is 0. The molecular weight excluding hydrogens is 244 g/mol. The predicted molar refractivity (Wildman–Crippen MR) is 83.2 cm³/mol. The average molecular weight is 260 g/mol. The van der Waals surface area contributed by atoms with E-state index in [0.717, 1.165) is 5.75 Å². The van der Waals surface area contributed by atoms with E-state index in [9.17, 15) is 0 Å². The quantitative estimate of drug-likeness (QED) is 0.551. The lowest BCUT2D eigenvalue weighted by Gasteiger charge is -2.22.